The predicted octanol–water partition coefficient (Wildman–Crippen LogP) is 2.80. The minimum Gasteiger partial charge on any atom is -0.480 e. The van der Waals surface area contributed by atoms with Gasteiger partial charge in [-0.1, -0.05) is 31.5 Å². The van der Waals surface area contributed by atoms with Crippen LogP contribution in [0.4, 0.5) is 4.79 Å². The van der Waals surface area contributed by atoms with Gasteiger partial charge in [-0.15, -0.1) is 20.4 Å². The molecule has 0 aliphatic heterocycles. The molecular weight excluding hydrogens is 374 g/mol. The second-order valence-electron chi connectivity index (χ2n) is 7.68. The van der Waals surface area contributed by atoms with Crippen molar-refractivity contribution in [3.8, 4) is 11.4 Å². The molecule has 2 N–H and O–H groups in total. The summed E-state index contributed by atoms with van der Waals surface area (Å²) in [6.07, 6.45) is 2.04. The monoisotopic (exact) mass is 401 g/mol. The standard InChI is InChI=1S/C20H27N5O4/c1-5-6-10-16-22-24-17(25-23-16)14-9-7-8-13(11-14)12-15(18(26)27)21-19(28)29-20(2,3)4/h7-9,11,15H,5-6,10,12H2,1-4H3,(H,21,28)(H,26,27). The number of hydrogen-bond donors (Lipinski definition) is 2. The van der Waals surface area contributed by atoms with E-state index in [0.29, 0.717) is 22.8 Å². The van der Waals surface area contributed by atoms with Gasteiger partial charge in [0.25, 0.3) is 0 Å². The van der Waals surface area contributed by atoms with Crippen molar-refractivity contribution in [3.63, 3.8) is 0 Å². The van der Waals surface area contributed by atoms with E-state index in [1.54, 1.807) is 45.0 Å². The van der Waals surface area contributed by atoms with Crippen LogP contribution in [0.2, 0.25) is 0 Å². The fourth-order valence-corrected chi connectivity index (χ4v) is 2.52. The number of benzene rings is 1. The minimum absolute atomic E-state index is 0.0812. The number of alkyl carbamates (subject to hydrolysis) is 1. The fraction of sp³-hybridized carbons (Fsp3) is 0.500. The van der Waals surface area contributed by atoms with Crippen LogP contribution in [0, 0.1) is 0 Å². The Hall–Kier alpha value is -3.10. The van der Waals surface area contributed by atoms with Crippen molar-refractivity contribution >= 4 is 12.1 Å². The molecule has 29 heavy (non-hydrogen) atoms. The molecule has 0 fully saturated rings. The summed E-state index contributed by atoms with van der Waals surface area (Å²) < 4.78 is 5.14. The van der Waals surface area contributed by atoms with Crippen molar-refractivity contribution in [1.29, 1.82) is 0 Å². The zero-order valence-corrected chi connectivity index (χ0v) is 17.2. The minimum atomic E-state index is -1.15. The van der Waals surface area contributed by atoms with Gasteiger partial charge in [-0.25, -0.2) is 9.59 Å². The Morgan fingerprint density at radius 2 is 1.86 bits per heavy atom. The highest BCUT2D eigenvalue weighted by Gasteiger charge is 2.24. The summed E-state index contributed by atoms with van der Waals surface area (Å²) in [6.45, 7) is 7.22. The SMILES string of the molecule is CCCCc1nnc(-c2cccc(CC(NC(=O)OC(C)(C)C)C(=O)O)c2)nn1. The van der Waals surface area contributed by atoms with E-state index < -0.39 is 23.7 Å². The maximum Gasteiger partial charge on any atom is 0.408 e. The topological polar surface area (TPSA) is 127 Å². The van der Waals surface area contributed by atoms with Gasteiger partial charge >= 0.3 is 12.1 Å². The number of nitrogens with zero attached hydrogens (tertiary/aromatic N) is 4. The normalized spacial score (nSPS) is 12.3. The van der Waals surface area contributed by atoms with Crippen LogP contribution >= 0.6 is 0 Å². The van der Waals surface area contributed by atoms with E-state index in [0.717, 1.165) is 19.3 Å². The highest BCUT2D eigenvalue weighted by atomic mass is 16.6. The molecular formula is C20H27N5O4. The number of rotatable bonds is 8. The molecule has 2 rings (SSSR count). The van der Waals surface area contributed by atoms with Gasteiger partial charge in [0.1, 0.15) is 11.6 Å². The average Bonchev–Trinajstić information content (AvgIpc) is 2.65. The van der Waals surface area contributed by atoms with E-state index in [-0.39, 0.29) is 6.42 Å². The molecule has 0 saturated heterocycles. The summed E-state index contributed by atoms with van der Waals surface area (Å²) in [5.41, 5.74) is 0.656. The molecule has 0 aliphatic rings. The number of aryl methyl sites for hydroxylation is 1. The van der Waals surface area contributed by atoms with Gasteiger partial charge in [0.2, 0.25) is 5.82 Å². The quantitative estimate of drug-likeness (QED) is 0.691. The molecule has 9 nitrogen and oxygen atoms in total. The van der Waals surface area contributed by atoms with Gasteiger partial charge in [0.15, 0.2) is 5.82 Å². The third kappa shape index (κ3) is 7.44. The molecule has 1 aromatic carbocycles. The van der Waals surface area contributed by atoms with Crippen molar-refractivity contribution < 1.29 is 19.4 Å². The summed E-state index contributed by atoms with van der Waals surface area (Å²) in [4.78, 5) is 23.5. The lowest BCUT2D eigenvalue weighted by Gasteiger charge is -2.22. The zero-order valence-electron chi connectivity index (χ0n) is 17.2. The molecule has 156 valence electrons. The Labute approximate surface area is 169 Å². The maximum absolute atomic E-state index is 11.9. The largest absolute Gasteiger partial charge is 0.480 e. The Kier molecular flexibility index (Phi) is 7.58. The number of carbonyl (C=O) groups excluding carboxylic acids is 1. The van der Waals surface area contributed by atoms with E-state index in [4.69, 9.17) is 4.74 Å². The Morgan fingerprint density at radius 1 is 1.17 bits per heavy atom. The lowest BCUT2D eigenvalue weighted by Crippen LogP contribution is -2.44. The summed E-state index contributed by atoms with van der Waals surface area (Å²) in [5.74, 6) is -0.195. The second-order valence-corrected chi connectivity index (χ2v) is 7.68. The van der Waals surface area contributed by atoms with Crippen LogP contribution < -0.4 is 5.32 Å². The van der Waals surface area contributed by atoms with Crippen LogP contribution in [-0.2, 0) is 22.4 Å². The molecule has 1 aromatic heterocycles. The van der Waals surface area contributed by atoms with E-state index in [9.17, 15) is 14.7 Å². The van der Waals surface area contributed by atoms with Crippen molar-refractivity contribution in [2.24, 2.45) is 0 Å². The molecule has 2 aromatic rings. The number of aliphatic carboxylic acids is 1. The number of aromatic nitrogens is 4. The third-order valence-electron chi connectivity index (χ3n) is 3.89. The highest BCUT2D eigenvalue weighted by Crippen LogP contribution is 2.17. The highest BCUT2D eigenvalue weighted by molar-refractivity contribution is 5.80. The summed E-state index contributed by atoms with van der Waals surface area (Å²) >= 11 is 0. The van der Waals surface area contributed by atoms with E-state index in [2.05, 4.69) is 32.6 Å². The van der Waals surface area contributed by atoms with Crippen molar-refractivity contribution in [1.82, 2.24) is 25.7 Å². The molecule has 0 spiro atoms. The molecule has 0 saturated carbocycles. The van der Waals surface area contributed by atoms with Crippen molar-refractivity contribution in [3.05, 3.63) is 35.7 Å². The molecule has 1 atom stereocenters. The number of amides is 1. The van der Waals surface area contributed by atoms with E-state index in [1.807, 2.05) is 0 Å². The molecule has 9 heteroatoms. The first-order chi connectivity index (χ1) is 13.7. The molecule has 0 bridgehead atoms. The van der Waals surface area contributed by atoms with Crippen molar-refractivity contribution in [2.75, 3.05) is 0 Å². The van der Waals surface area contributed by atoms with Crippen LogP contribution in [0.5, 0.6) is 0 Å². The van der Waals surface area contributed by atoms with Crippen LogP contribution in [0.15, 0.2) is 24.3 Å². The zero-order chi connectivity index (χ0) is 21.4. The Morgan fingerprint density at radius 3 is 2.45 bits per heavy atom. The molecule has 1 heterocycles. The summed E-state index contributed by atoms with van der Waals surface area (Å²) in [6, 6.07) is 5.97. The van der Waals surface area contributed by atoms with Crippen LogP contribution in [0.25, 0.3) is 11.4 Å². The molecule has 0 radical (unpaired) electrons. The van der Waals surface area contributed by atoms with E-state index in [1.165, 1.54) is 0 Å². The first-order valence-electron chi connectivity index (χ1n) is 9.56. The van der Waals surface area contributed by atoms with Gasteiger partial charge in [-0.05, 0) is 38.8 Å². The predicted molar refractivity (Wildman–Crippen MR) is 106 cm³/mol. The third-order valence-corrected chi connectivity index (χ3v) is 3.89. The lowest BCUT2D eigenvalue weighted by molar-refractivity contribution is -0.139. The molecule has 1 unspecified atom stereocenters. The fourth-order valence-electron chi connectivity index (χ4n) is 2.52. The number of carbonyl (C=O) groups is 2. The number of unbranched alkanes of at least 4 members (excludes halogenated alkanes) is 1. The summed E-state index contributed by atoms with van der Waals surface area (Å²) in [5, 5.41) is 28.3. The first kappa shape index (κ1) is 22.2. The Balaban J connectivity index is 2.10. The second kappa shape index (κ2) is 9.90. The van der Waals surface area contributed by atoms with E-state index >= 15 is 0 Å². The van der Waals surface area contributed by atoms with Crippen LogP contribution in [0.1, 0.15) is 51.9 Å². The van der Waals surface area contributed by atoms with Crippen LogP contribution in [-0.4, -0.2) is 49.2 Å². The lowest BCUT2D eigenvalue weighted by atomic mass is 10.0. The average molecular weight is 401 g/mol. The Bertz CT molecular complexity index is 834. The van der Waals surface area contributed by atoms with Crippen molar-refractivity contribution in [2.45, 2.75) is 65.0 Å². The van der Waals surface area contributed by atoms with Gasteiger partial charge in [0, 0.05) is 18.4 Å². The number of nitrogens with one attached hydrogen (secondary N) is 1. The number of carboxylic acid groups (broad SMARTS) is 1. The maximum atomic E-state index is 11.9. The van der Waals surface area contributed by atoms with Crippen LogP contribution in [0.3, 0.4) is 0 Å². The van der Waals surface area contributed by atoms with Gasteiger partial charge < -0.3 is 15.2 Å². The molecule has 0 aliphatic carbocycles. The first-order valence-corrected chi connectivity index (χ1v) is 9.56. The van der Waals surface area contributed by atoms with Gasteiger partial charge in [0.05, 0.1) is 0 Å². The molecule has 1 amide bonds. The van der Waals surface area contributed by atoms with Gasteiger partial charge in [-0.2, -0.15) is 0 Å². The number of carboxylic acids is 1. The smallest absolute Gasteiger partial charge is 0.408 e. The summed E-state index contributed by atoms with van der Waals surface area (Å²) in [7, 11) is 0. The number of hydrogen-bond acceptors (Lipinski definition) is 7. The number of ether oxygens (including phenoxy) is 1. The van der Waals surface area contributed by atoms with Gasteiger partial charge in [-0.3, -0.25) is 0 Å².